The lowest BCUT2D eigenvalue weighted by Gasteiger charge is -2.71. The Balaban J connectivity index is 0.976. The fourth-order valence-corrected chi connectivity index (χ4v) is 12.3. The number of ether oxygens (including phenoxy) is 3. The van der Waals surface area contributed by atoms with Crippen LogP contribution in [-0.4, -0.2) is 98.4 Å². The number of hydrogen-bond donors (Lipinski definition) is 4. The molecule has 0 radical (unpaired) electrons. The first-order chi connectivity index (χ1) is 26.2. The molecular formula is C40H51FN3O10P. The Morgan fingerprint density at radius 3 is 2.65 bits per heavy atom. The number of Topliss-reactive ketones (excluding diaryl/α,β-unsaturated/α-hetero) is 1. The van der Waals surface area contributed by atoms with Gasteiger partial charge in [-0.25, -0.2) is 8.96 Å². The molecule has 3 heterocycles. The van der Waals surface area contributed by atoms with Crippen LogP contribution in [0, 0.1) is 23.2 Å². The Kier molecular flexibility index (Phi) is 9.10. The molecule has 298 valence electrons. The number of nitrogens with one attached hydrogen (secondary N) is 1. The summed E-state index contributed by atoms with van der Waals surface area (Å²) in [4.78, 5) is 50.4. The van der Waals surface area contributed by atoms with E-state index in [1.165, 1.54) is 18.6 Å². The van der Waals surface area contributed by atoms with Crippen molar-refractivity contribution in [1.29, 1.82) is 0 Å². The second kappa shape index (κ2) is 13.3. The Labute approximate surface area is 320 Å². The summed E-state index contributed by atoms with van der Waals surface area (Å²) in [6, 6.07) is 4.68. The fraction of sp³-hybridized carbons (Fsp3) is 0.650. The van der Waals surface area contributed by atoms with E-state index in [4.69, 9.17) is 18.7 Å². The van der Waals surface area contributed by atoms with Gasteiger partial charge in [0.15, 0.2) is 29.1 Å². The summed E-state index contributed by atoms with van der Waals surface area (Å²) in [7, 11) is -3.15. The van der Waals surface area contributed by atoms with Crippen LogP contribution in [0.15, 0.2) is 54.4 Å². The van der Waals surface area contributed by atoms with E-state index >= 15 is 9.18 Å². The van der Waals surface area contributed by atoms with Crippen LogP contribution >= 0.6 is 7.82 Å². The van der Waals surface area contributed by atoms with Gasteiger partial charge in [-0.05, 0) is 93.0 Å². The molecule has 0 aromatic heterocycles. The largest absolute Gasteiger partial charge is 0.524 e. The first-order valence-corrected chi connectivity index (χ1v) is 21.3. The van der Waals surface area contributed by atoms with Crippen molar-refractivity contribution in [2.24, 2.45) is 23.2 Å². The minimum absolute atomic E-state index is 0.00421. The zero-order valence-electron chi connectivity index (χ0n) is 31.3. The van der Waals surface area contributed by atoms with Gasteiger partial charge in [-0.1, -0.05) is 32.3 Å². The maximum Gasteiger partial charge on any atom is 0.524 e. The highest BCUT2D eigenvalue weighted by Crippen LogP contribution is 2.75. The van der Waals surface area contributed by atoms with Crippen LogP contribution in [-0.2, 0) is 34.9 Å². The number of aliphatic hydroxyl groups is 1. The molecular weight excluding hydrogens is 732 g/mol. The number of nitrogens with zero attached hydrogens (tertiary/aromatic N) is 2. The zero-order chi connectivity index (χ0) is 38.5. The number of hydrogen-bond acceptors (Lipinski definition) is 11. The van der Waals surface area contributed by atoms with Gasteiger partial charge >= 0.3 is 7.82 Å². The van der Waals surface area contributed by atoms with Crippen LogP contribution in [0.4, 0.5) is 4.39 Å². The molecule has 1 unspecified atom stereocenters. The SMILES string of the molecule is CNCC(O)c1ccc(OP(=O)(O)O)c(CN2C=CN(CC(=O)[C@@]34O[C@H](C5CCCCC5)O[C@@H]3C[C@H]3[C@@H]5CCC6=CC(=O)C=C[C@@]67O[C@@H](C[C@@]34C)[C@@]57F)C2)c1. The van der Waals surface area contributed by atoms with Gasteiger partial charge in [0, 0.05) is 48.3 Å². The van der Waals surface area contributed by atoms with Crippen molar-refractivity contribution in [3.05, 3.63) is 65.5 Å². The molecule has 3 aliphatic heterocycles. The van der Waals surface area contributed by atoms with E-state index in [1.807, 2.05) is 22.2 Å². The third-order valence-corrected chi connectivity index (χ3v) is 14.7. The fourth-order valence-electron chi connectivity index (χ4n) is 11.9. The van der Waals surface area contributed by atoms with Gasteiger partial charge in [0.2, 0.25) is 0 Å². The van der Waals surface area contributed by atoms with E-state index in [-0.39, 0.29) is 48.8 Å². The average molecular weight is 784 g/mol. The van der Waals surface area contributed by atoms with E-state index in [0.717, 1.165) is 25.7 Å². The second-order valence-electron chi connectivity index (χ2n) is 17.2. The summed E-state index contributed by atoms with van der Waals surface area (Å²) in [6.07, 6.45) is 12.7. The second-order valence-corrected chi connectivity index (χ2v) is 18.4. The normalized spacial score (nSPS) is 39.6. The van der Waals surface area contributed by atoms with Gasteiger partial charge in [-0.3, -0.25) is 19.4 Å². The predicted octanol–water partition coefficient (Wildman–Crippen LogP) is 4.34. The molecule has 1 spiro atoms. The number of fused-ring (bicyclic) bond motifs is 4. The monoisotopic (exact) mass is 783 g/mol. The number of benzene rings is 1. The molecule has 0 amide bonds. The van der Waals surface area contributed by atoms with Crippen molar-refractivity contribution in [2.75, 3.05) is 26.8 Å². The number of halogens is 1. The number of aliphatic hydroxyl groups excluding tert-OH is 1. The Bertz CT molecular complexity index is 1900. The molecule has 4 N–H and O–H groups in total. The van der Waals surface area contributed by atoms with E-state index in [9.17, 15) is 24.3 Å². The van der Waals surface area contributed by atoms with Crippen molar-refractivity contribution in [2.45, 2.75) is 113 Å². The lowest BCUT2D eigenvalue weighted by Crippen LogP contribution is -2.81. The first kappa shape index (κ1) is 37.6. The Morgan fingerprint density at radius 1 is 1.11 bits per heavy atom. The summed E-state index contributed by atoms with van der Waals surface area (Å²) < 4.78 is 55.1. The van der Waals surface area contributed by atoms with Gasteiger partial charge in [-0.2, -0.15) is 0 Å². The molecule has 13 nitrogen and oxygen atoms in total. The summed E-state index contributed by atoms with van der Waals surface area (Å²) in [5.74, 6) is -0.686. The molecule has 2 saturated heterocycles. The lowest BCUT2D eigenvalue weighted by atomic mass is 9.44. The van der Waals surface area contributed by atoms with Gasteiger partial charge in [-0.15, -0.1) is 0 Å². The van der Waals surface area contributed by atoms with Crippen LogP contribution in [0.5, 0.6) is 5.75 Å². The number of phosphoric ester groups is 1. The molecule has 4 saturated carbocycles. The molecule has 5 aliphatic carbocycles. The van der Waals surface area contributed by atoms with Gasteiger partial charge < -0.3 is 39.0 Å². The maximum atomic E-state index is 17.8. The van der Waals surface area contributed by atoms with Crippen LogP contribution in [0.3, 0.4) is 0 Å². The van der Waals surface area contributed by atoms with Gasteiger partial charge in [0.25, 0.3) is 0 Å². The third kappa shape index (κ3) is 5.68. The Morgan fingerprint density at radius 2 is 1.89 bits per heavy atom. The minimum Gasteiger partial charge on any atom is -0.404 e. The smallest absolute Gasteiger partial charge is 0.404 e. The summed E-state index contributed by atoms with van der Waals surface area (Å²) in [6.45, 7) is 2.86. The van der Waals surface area contributed by atoms with Gasteiger partial charge in [0.1, 0.15) is 11.4 Å². The average Bonchev–Trinajstić information content (AvgIpc) is 3.82. The molecule has 6 fully saturated rings. The van der Waals surface area contributed by atoms with E-state index < -0.39 is 60.6 Å². The molecule has 9 rings (SSSR count). The lowest BCUT2D eigenvalue weighted by molar-refractivity contribution is -0.357. The molecule has 0 bridgehead atoms. The van der Waals surface area contributed by atoms with Crippen LogP contribution in [0.2, 0.25) is 0 Å². The van der Waals surface area contributed by atoms with Gasteiger partial charge in [0.05, 0.1) is 31.5 Å². The zero-order valence-corrected chi connectivity index (χ0v) is 32.2. The standard InChI is InChI=1S/C40H51FN3O10P/c1-37-19-35-39(41)29(10-9-27-17-28(45)12-13-38(27,39)52-35)30(37)18-34-40(37,53-36(51-34)24-6-4-3-5-7-24)33(47)22-44-15-14-43(23-44)21-26-16-25(31(46)20-42-2)8-11-32(26)54-55(48,49)50/h8,11-17,24,29-31,34-36,42,46H,3-7,9-10,18-23H2,1-2H3,(H2,48,49,50)/t29-,30-,31?,34+,35-,36+,37-,38+,39-,40+/m0/s1. The highest BCUT2D eigenvalue weighted by Gasteiger charge is 2.84. The van der Waals surface area contributed by atoms with E-state index in [2.05, 4.69) is 12.2 Å². The molecule has 1 aromatic rings. The van der Waals surface area contributed by atoms with Crippen molar-refractivity contribution in [1.82, 2.24) is 15.1 Å². The molecule has 55 heavy (non-hydrogen) atoms. The molecule has 8 aliphatic rings. The van der Waals surface area contributed by atoms with Crippen LogP contribution < -0.4 is 9.84 Å². The topological polar surface area (TPSA) is 167 Å². The summed E-state index contributed by atoms with van der Waals surface area (Å²) in [5, 5.41) is 13.5. The highest BCUT2D eigenvalue weighted by molar-refractivity contribution is 7.46. The first-order valence-electron chi connectivity index (χ1n) is 19.8. The minimum atomic E-state index is -4.87. The number of allylic oxidation sites excluding steroid dienone is 2. The van der Waals surface area contributed by atoms with Crippen molar-refractivity contribution >= 4 is 19.4 Å². The predicted molar refractivity (Wildman–Crippen MR) is 196 cm³/mol. The highest BCUT2D eigenvalue weighted by atomic mass is 31.2. The quantitative estimate of drug-likeness (QED) is 0.235. The number of carbonyl (C=O) groups excluding carboxylic acids is 2. The number of likely N-dealkylation sites (N-methyl/N-ethyl adjacent to an activating group) is 1. The van der Waals surface area contributed by atoms with Crippen molar-refractivity contribution < 1.29 is 52.2 Å². The van der Waals surface area contributed by atoms with Crippen LogP contribution in [0.1, 0.15) is 81.9 Å². The van der Waals surface area contributed by atoms with Crippen molar-refractivity contribution in [3.8, 4) is 5.75 Å². The number of rotatable bonds is 11. The van der Waals surface area contributed by atoms with E-state index in [0.29, 0.717) is 49.1 Å². The number of phosphoric acid groups is 1. The van der Waals surface area contributed by atoms with Crippen molar-refractivity contribution in [3.63, 3.8) is 0 Å². The Hall–Kier alpha value is -2.94. The molecule has 1 aromatic carbocycles. The maximum absolute atomic E-state index is 17.8. The molecule has 15 heteroatoms. The summed E-state index contributed by atoms with van der Waals surface area (Å²) in [5.41, 5.74) is -3.29. The number of ketones is 2. The number of alkyl halides is 1. The summed E-state index contributed by atoms with van der Waals surface area (Å²) >= 11 is 0. The number of carbonyl (C=O) groups is 2. The molecule has 10 atom stereocenters. The third-order valence-electron chi connectivity index (χ3n) is 14.3. The van der Waals surface area contributed by atoms with Crippen LogP contribution in [0.25, 0.3) is 0 Å². The van der Waals surface area contributed by atoms with E-state index in [1.54, 1.807) is 31.3 Å².